The fraction of sp³-hybridized carbons (Fsp3) is 0.571. The minimum atomic E-state index is 0.0442. The van der Waals surface area contributed by atoms with E-state index >= 15 is 0 Å². The Kier molecular flexibility index (Phi) is 4.13. The Morgan fingerprint density at radius 3 is 2.65 bits per heavy atom. The molecule has 0 aliphatic carbocycles. The normalized spacial score (nSPS) is 12.0. The molecular weight excluding hydrogens is 256 g/mol. The van der Waals surface area contributed by atoms with Gasteiger partial charge >= 0.3 is 0 Å². The highest BCUT2D eigenvalue weighted by Crippen LogP contribution is 2.27. The summed E-state index contributed by atoms with van der Waals surface area (Å²) in [7, 11) is 3.31. The molecule has 0 unspecified atom stereocenters. The third-order valence-corrected chi connectivity index (χ3v) is 3.37. The minimum Gasteiger partial charge on any atom is -0.481 e. The van der Waals surface area contributed by atoms with Gasteiger partial charge in [0.15, 0.2) is 5.65 Å². The Balaban J connectivity index is 2.35. The van der Waals surface area contributed by atoms with Gasteiger partial charge in [-0.1, -0.05) is 13.8 Å². The Morgan fingerprint density at radius 1 is 1.25 bits per heavy atom. The molecule has 2 N–H and O–H groups in total. The maximum Gasteiger partial charge on any atom is 0.215 e. The molecule has 0 bridgehead atoms. The van der Waals surface area contributed by atoms with Crippen molar-refractivity contribution in [2.75, 3.05) is 26.6 Å². The van der Waals surface area contributed by atoms with Crippen molar-refractivity contribution in [2.24, 2.45) is 5.41 Å². The van der Waals surface area contributed by atoms with Crippen molar-refractivity contribution in [3.8, 4) is 5.88 Å². The Labute approximate surface area is 118 Å². The maximum atomic E-state index is 6.02. The van der Waals surface area contributed by atoms with E-state index in [2.05, 4.69) is 23.8 Å². The molecule has 2 aromatic heterocycles. The van der Waals surface area contributed by atoms with E-state index in [1.165, 1.54) is 0 Å². The largest absolute Gasteiger partial charge is 0.481 e. The van der Waals surface area contributed by atoms with Crippen molar-refractivity contribution in [2.45, 2.75) is 26.8 Å². The van der Waals surface area contributed by atoms with Gasteiger partial charge < -0.3 is 15.2 Å². The van der Waals surface area contributed by atoms with E-state index in [-0.39, 0.29) is 5.41 Å². The number of methoxy groups -OCH3 is 2. The number of nitrogens with two attached hydrogens (primary N) is 1. The fourth-order valence-corrected chi connectivity index (χ4v) is 2.16. The second kappa shape index (κ2) is 5.66. The monoisotopic (exact) mass is 278 g/mol. The molecule has 20 heavy (non-hydrogen) atoms. The van der Waals surface area contributed by atoms with Gasteiger partial charge in [0.1, 0.15) is 5.52 Å². The lowest BCUT2D eigenvalue weighted by molar-refractivity contribution is 0.143. The van der Waals surface area contributed by atoms with Gasteiger partial charge in [0, 0.05) is 26.3 Å². The maximum absolute atomic E-state index is 6.02. The average molecular weight is 278 g/mol. The van der Waals surface area contributed by atoms with Crippen LogP contribution < -0.4 is 10.5 Å². The molecule has 2 heterocycles. The van der Waals surface area contributed by atoms with Crippen LogP contribution in [0, 0.1) is 5.41 Å². The molecule has 0 aromatic carbocycles. The van der Waals surface area contributed by atoms with E-state index in [1.54, 1.807) is 20.3 Å². The third-order valence-electron chi connectivity index (χ3n) is 3.37. The van der Waals surface area contributed by atoms with Crippen LogP contribution in [0.4, 0.5) is 5.95 Å². The molecule has 0 saturated heterocycles. The zero-order valence-electron chi connectivity index (χ0n) is 12.5. The van der Waals surface area contributed by atoms with Crippen molar-refractivity contribution in [1.82, 2.24) is 14.5 Å². The van der Waals surface area contributed by atoms with Crippen molar-refractivity contribution in [1.29, 1.82) is 0 Å². The summed E-state index contributed by atoms with van der Waals surface area (Å²) in [5, 5.41) is 0. The summed E-state index contributed by atoms with van der Waals surface area (Å²) in [6.07, 6.45) is 0.937. The van der Waals surface area contributed by atoms with Gasteiger partial charge in [-0.3, -0.25) is 4.57 Å². The molecule has 6 heteroatoms. The standard InChI is InChI=1S/C14H22N4O2/c1-14(2,7-8-19-3)9-18-12-10(16-13(18)15)5-6-11(17-12)20-4/h5-6H,7-9H2,1-4H3,(H2,15,16). The predicted octanol–water partition coefficient (Wildman–Crippen LogP) is 2.08. The van der Waals surface area contributed by atoms with Crippen LogP contribution in [0.2, 0.25) is 0 Å². The van der Waals surface area contributed by atoms with Gasteiger partial charge in [0.05, 0.1) is 7.11 Å². The highest BCUT2D eigenvalue weighted by Gasteiger charge is 2.22. The van der Waals surface area contributed by atoms with Crippen molar-refractivity contribution in [3.63, 3.8) is 0 Å². The number of hydrogen-bond donors (Lipinski definition) is 1. The van der Waals surface area contributed by atoms with Crippen LogP contribution in [0.15, 0.2) is 12.1 Å². The summed E-state index contributed by atoms with van der Waals surface area (Å²) in [5.74, 6) is 1.04. The van der Waals surface area contributed by atoms with E-state index < -0.39 is 0 Å². The number of pyridine rings is 1. The van der Waals surface area contributed by atoms with E-state index in [4.69, 9.17) is 15.2 Å². The molecule has 0 aliphatic heterocycles. The lowest BCUT2D eigenvalue weighted by Crippen LogP contribution is -2.22. The first-order chi connectivity index (χ1) is 9.46. The van der Waals surface area contributed by atoms with Crippen molar-refractivity contribution >= 4 is 17.1 Å². The Hall–Kier alpha value is -1.82. The lowest BCUT2D eigenvalue weighted by atomic mass is 9.89. The average Bonchev–Trinajstić information content (AvgIpc) is 2.72. The molecule has 2 aromatic rings. The summed E-state index contributed by atoms with van der Waals surface area (Å²) >= 11 is 0. The highest BCUT2D eigenvalue weighted by atomic mass is 16.5. The topological polar surface area (TPSA) is 75.2 Å². The second-order valence-electron chi connectivity index (χ2n) is 5.66. The summed E-state index contributed by atoms with van der Waals surface area (Å²) < 4.78 is 12.3. The number of nitrogen functional groups attached to an aromatic ring is 1. The van der Waals surface area contributed by atoms with Crippen LogP contribution in [0.1, 0.15) is 20.3 Å². The quantitative estimate of drug-likeness (QED) is 0.875. The van der Waals surface area contributed by atoms with Gasteiger partial charge in [-0.15, -0.1) is 0 Å². The number of rotatable bonds is 6. The summed E-state index contributed by atoms with van der Waals surface area (Å²) in [4.78, 5) is 8.79. The molecule has 0 amide bonds. The van der Waals surface area contributed by atoms with Crippen LogP contribution in [-0.2, 0) is 11.3 Å². The molecule has 0 fully saturated rings. The number of imidazole rings is 1. The molecule has 0 saturated carbocycles. The number of nitrogens with zero attached hydrogens (tertiary/aromatic N) is 3. The van der Waals surface area contributed by atoms with Gasteiger partial charge in [-0.05, 0) is 17.9 Å². The first kappa shape index (κ1) is 14.6. The van der Waals surface area contributed by atoms with Crippen LogP contribution in [-0.4, -0.2) is 35.4 Å². The van der Waals surface area contributed by atoms with E-state index in [9.17, 15) is 0 Å². The van der Waals surface area contributed by atoms with E-state index in [0.29, 0.717) is 11.8 Å². The molecule has 0 radical (unpaired) electrons. The second-order valence-corrected chi connectivity index (χ2v) is 5.66. The predicted molar refractivity (Wildman–Crippen MR) is 78.8 cm³/mol. The van der Waals surface area contributed by atoms with Crippen LogP contribution in [0.3, 0.4) is 0 Å². The molecule has 6 nitrogen and oxygen atoms in total. The number of fused-ring (bicyclic) bond motifs is 1. The molecule has 0 atom stereocenters. The summed E-state index contributed by atoms with van der Waals surface area (Å²) in [5.41, 5.74) is 7.60. The van der Waals surface area contributed by atoms with Crippen LogP contribution in [0.5, 0.6) is 5.88 Å². The lowest BCUT2D eigenvalue weighted by Gasteiger charge is -2.25. The smallest absolute Gasteiger partial charge is 0.215 e. The number of anilines is 1. The summed E-state index contributed by atoms with van der Waals surface area (Å²) in [6, 6.07) is 3.66. The Morgan fingerprint density at radius 2 is 2.00 bits per heavy atom. The highest BCUT2D eigenvalue weighted by molar-refractivity contribution is 5.74. The van der Waals surface area contributed by atoms with Gasteiger partial charge in [0.25, 0.3) is 0 Å². The van der Waals surface area contributed by atoms with Crippen LogP contribution >= 0.6 is 0 Å². The number of aromatic nitrogens is 3. The zero-order valence-corrected chi connectivity index (χ0v) is 12.5. The van der Waals surface area contributed by atoms with Gasteiger partial charge in [-0.25, -0.2) is 4.98 Å². The Bertz CT molecular complexity index is 592. The third kappa shape index (κ3) is 3.01. The molecular formula is C14H22N4O2. The van der Waals surface area contributed by atoms with Crippen molar-refractivity contribution in [3.05, 3.63) is 12.1 Å². The molecule has 110 valence electrons. The zero-order chi connectivity index (χ0) is 14.8. The van der Waals surface area contributed by atoms with Gasteiger partial charge in [0.2, 0.25) is 11.8 Å². The number of hydrogen-bond acceptors (Lipinski definition) is 5. The molecule has 0 aliphatic rings. The van der Waals surface area contributed by atoms with Crippen molar-refractivity contribution < 1.29 is 9.47 Å². The first-order valence-electron chi connectivity index (χ1n) is 6.62. The first-order valence-corrected chi connectivity index (χ1v) is 6.62. The SMILES string of the molecule is COCCC(C)(C)Cn1c(N)nc2ccc(OC)nc21. The minimum absolute atomic E-state index is 0.0442. The van der Waals surface area contributed by atoms with E-state index in [1.807, 2.05) is 10.6 Å². The van der Waals surface area contributed by atoms with Gasteiger partial charge in [-0.2, -0.15) is 4.98 Å². The fourth-order valence-electron chi connectivity index (χ4n) is 2.16. The van der Waals surface area contributed by atoms with Crippen LogP contribution in [0.25, 0.3) is 11.2 Å². The molecule has 0 spiro atoms. The van der Waals surface area contributed by atoms with E-state index in [0.717, 1.165) is 30.7 Å². The summed E-state index contributed by atoms with van der Waals surface area (Å²) in [6.45, 7) is 5.81. The number of ether oxygens (including phenoxy) is 2. The molecule has 2 rings (SSSR count).